The zero-order valence-corrected chi connectivity index (χ0v) is 10.6. The molecule has 0 radical (unpaired) electrons. The molecule has 1 aliphatic rings. The summed E-state index contributed by atoms with van der Waals surface area (Å²) in [4.78, 5) is 0. The third-order valence-electron chi connectivity index (χ3n) is 3.28. The largest absolute Gasteiger partial charge is 0.497 e. The van der Waals surface area contributed by atoms with Crippen LogP contribution in [-0.2, 0) is 4.74 Å². The predicted octanol–water partition coefficient (Wildman–Crippen LogP) is 3.06. The molecule has 94 valence electrons. The van der Waals surface area contributed by atoms with Crippen LogP contribution in [0.1, 0.15) is 26.2 Å². The highest BCUT2D eigenvalue weighted by molar-refractivity contribution is 5.47. The van der Waals surface area contributed by atoms with Crippen molar-refractivity contribution in [1.29, 1.82) is 0 Å². The van der Waals surface area contributed by atoms with Gasteiger partial charge in [0.2, 0.25) is 0 Å². The average Bonchev–Trinajstić information content (AvgIpc) is 2.40. The summed E-state index contributed by atoms with van der Waals surface area (Å²) in [5.74, 6) is 0.897. The second-order valence-electron chi connectivity index (χ2n) is 4.50. The fourth-order valence-electron chi connectivity index (χ4n) is 2.22. The number of rotatable bonds is 4. The first-order valence-corrected chi connectivity index (χ1v) is 6.34. The van der Waals surface area contributed by atoms with Gasteiger partial charge in [0.25, 0.3) is 0 Å². The Kier molecular flexibility index (Phi) is 4.26. The van der Waals surface area contributed by atoms with Gasteiger partial charge < -0.3 is 14.8 Å². The summed E-state index contributed by atoms with van der Waals surface area (Å²) in [6.07, 6.45) is 3.70. The van der Waals surface area contributed by atoms with Gasteiger partial charge in [0, 0.05) is 18.3 Å². The minimum atomic E-state index is 0.416. The molecule has 0 bridgehead atoms. The fourth-order valence-corrected chi connectivity index (χ4v) is 2.22. The van der Waals surface area contributed by atoms with E-state index in [1.165, 1.54) is 0 Å². The number of hydrogen-bond donors (Lipinski definition) is 1. The molecule has 2 rings (SSSR count). The molecule has 1 aromatic carbocycles. The molecular weight excluding hydrogens is 214 g/mol. The van der Waals surface area contributed by atoms with Crippen LogP contribution in [0.5, 0.6) is 5.75 Å². The SMILES string of the molecule is CCC1CC(Nc2ccc(OC)cc2)CCO1. The lowest BCUT2D eigenvalue weighted by Gasteiger charge is -2.30. The molecule has 0 spiro atoms. The molecule has 0 amide bonds. The molecule has 3 nitrogen and oxygen atoms in total. The minimum absolute atomic E-state index is 0.416. The van der Waals surface area contributed by atoms with Crippen molar-refractivity contribution in [2.75, 3.05) is 19.0 Å². The van der Waals surface area contributed by atoms with Crippen molar-refractivity contribution in [2.24, 2.45) is 0 Å². The van der Waals surface area contributed by atoms with E-state index in [1.54, 1.807) is 7.11 Å². The Morgan fingerprint density at radius 3 is 2.76 bits per heavy atom. The molecular formula is C14H21NO2. The summed E-state index contributed by atoms with van der Waals surface area (Å²) in [5.41, 5.74) is 1.16. The maximum absolute atomic E-state index is 5.67. The molecule has 3 heteroatoms. The normalized spacial score (nSPS) is 24.4. The lowest BCUT2D eigenvalue weighted by Crippen LogP contribution is -2.33. The van der Waals surface area contributed by atoms with Crippen LogP contribution in [0.25, 0.3) is 0 Å². The first kappa shape index (κ1) is 12.2. The minimum Gasteiger partial charge on any atom is -0.497 e. The molecule has 1 N–H and O–H groups in total. The molecule has 1 aromatic rings. The molecule has 1 saturated heterocycles. The van der Waals surface area contributed by atoms with Crippen molar-refractivity contribution in [3.8, 4) is 5.75 Å². The van der Waals surface area contributed by atoms with Crippen LogP contribution in [0.15, 0.2) is 24.3 Å². The molecule has 0 aromatic heterocycles. The molecule has 1 aliphatic heterocycles. The zero-order valence-electron chi connectivity index (χ0n) is 10.6. The topological polar surface area (TPSA) is 30.5 Å². The molecule has 2 atom stereocenters. The summed E-state index contributed by atoms with van der Waals surface area (Å²) in [6, 6.07) is 8.63. The van der Waals surface area contributed by atoms with Gasteiger partial charge >= 0.3 is 0 Å². The molecule has 0 saturated carbocycles. The number of hydrogen-bond acceptors (Lipinski definition) is 3. The zero-order chi connectivity index (χ0) is 12.1. The highest BCUT2D eigenvalue weighted by Gasteiger charge is 2.20. The third-order valence-corrected chi connectivity index (χ3v) is 3.28. The van der Waals surface area contributed by atoms with Crippen molar-refractivity contribution in [1.82, 2.24) is 0 Å². The van der Waals surface area contributed by atoms with E-state index in [4.69, 9.17) is 9.47 Å². The standard InChI is InChI=1S/C14H21NO2/c1-3-13-10-12(8-9-17-13)15-11-4-6-14(16-2)7-5-11/h4-7,12-13,15H,3,8-10H2,1-2H3. The van der Waals surface area contributed by atoms with Crippen molar-refractivity contribution >= 4 is 5.69 Å². The van der Waals surface area contributed by atoms with Gasteiger partial charge in [0.1, 0.15) is 5.75 Å². The predicted molar refractivity (Wildman–Crippen MR) is 69.7 cm³/mol. The summed E-state index contributed by atoms with van der Waals surface area (Å²) in [5, 5.41) is 3.56. The van der Waals surface area contributed by atoms with Crippen LogP contribution in [-0.4, -0.2) is 25.9 Å². The summed E-state index contributed by atoms with van der Waals surface area (Å²) in [7, 11) is 1.69. The van der Waals surface area contributed by atoms with Gasteiger partial charge in [-0.3, -0.25) is 0 Å². The number of anilines is 1. The van der Waals surface area contributed by atoms with E-state index in [2.05, 4.69) is 24.4 Å². The van der Waals surface area contributed by atoms with Crippen LogP contribution in [0, 0.1) is 0 Å². The van der Waals surface area contributed by atoms with E-state index in [0.29, 0.717) is 12.1 Å². The Hall–Kier alpha value is -1.22. The lowest BCUT2D eigenvalue weighted by molar-refractivity contribution is 0.00925. The summed E-state index contributed by atoms with van der Waals surface area (Å²) < 4.78 is 10.8. The Morgan fingerprint density at radius 2 is 2.12 bits per heavy atom. The van der Waals surface area contributed by atoms with Crippen LogP contribution in [0.2, 0.25) is 0 Å². The number of ether oxygens (including phenoxy) is 2. The monoisotopic (exact) mass is 235 g/mol. The number of nitrogens with one attached hydrogen (secondary N) is 1. The van der Waals surface area contributed by atoms with E-state index in [-0.39, 0.29) is 0 Å². The Morgan fingerprint density at radius 1 is 1.35 bits per heavy atom. The molecule has 0 aliphatic carbocycles. The lowest BCUT2D eigenvalue weighted by atomic mass is 10.0. The first-order chi connectivity index (χ1) is 8.31. The Labute approximate surface area is 103 Å². The van der Waals surface area contributed by atoms with Crippen LogP contribution >= 0.6 is 0 Å². The second kappa shape index (κ2) is 5.92. The van der Waals surface area contributed by atoms with Gasteiger partial charge in [-0.15, -0.1) is 0 Å². The summed E-state index contributed by atoms with van der Waals surface area (Å²) in [6.45, 7) is 3.05. The smallest absolute Gasteiger partial charge is 0.119 e. The van der Waals surface area contributed by atoms with E-state index < -0.39 is 0 Å². The quantitative estimate of drug-likeness (QED) is 0.870. The number of benzene rings is 1. The van der Waals surface area contributed by atoms with Gasteiger partial charge in [-0.1, -0.05) is 6.92 Å². The maximum Gasteiger partial charge on any atom is 0.119 e. The van der Waals surface area contributed by atoms with E-state index >= 15 is 0 Å². The first-order valence-electron chi connectivity index (χ1n) is 6.34. The molecule has 1 fully saturated rings. The van der Waals surface area contributed by atoms with Gasteiger partial charge in [-0.25, -0.2) is 0 Å². The highest BCUT2D eigenvalue weighted by atomic mass is 16.5. The van der Waals surface area contributed by atoms with Crippen molar-refractivity contribution in [3.05, 3.63) is 24.3 Å². The number of methoxy groups -OCH3 is 1. The second-order valence-corrected chi connectivity index (χ2v) is 4.50. The van der Waals surface area contributed by atoms with Crippen LogP contribution in [0.4, 0.5) is 5.69 Å². The van der Waals surface area contributed by atoms with Crippen LogP contribution < -0.4 is 10.1 Å². The van der Waals surface area contributed by atoms with Crippen LogP contribution in [0.3, 0.4) is 0 Å². The van der Waals surface area contributed by atoms with E-state index in [0.717, 1.165) is 37.3 Å². The highest BCUT2D eigenvalue weighted by Crippen LogP contribution is 2.22. The average molecular weight is 235 g/mol. The molecule has 2 unspecified atom stereocenters. The molecule has 1 heterocycles. The third kappa shape index (κ3) is 3.37. The fraction of sp³-hybridized carbons (Fsp3) is 0.571. The van der Waals surface area contributed by atoms with Crippen molar-refractivity contribution in [3.63, 3.8) is 0 Å². The van der Waals surface area contributed by atoms with Gasteiger partial charge in [-0.05, 0) is 43.5 Å². The van der Waals surface area contributed by atoms with Gasteiger partial charge in [0.05, 0.1) is 13.2 Å². The Balaban J connectivity index is 1.90. The van der Waals surface area contributed by atoms with Gasteiger partial charge in [-0.2, -0.15) is 0 Å². The summed E-state index contributed by atoms with van der Waals surface area (Å²) >= 11 is 0. The molecule has 17 heavy (non-hydrogen) atoms. The van der Waals surface area contributed by atoms with E-state index in [9.17, 15) is 0 Å². The van der Waals surface area contributed by atoms with E-state index in [1.807, 2.05) is 12.1 Å². The maximum atomic E-state index is 5.67. The van der Waals surface area contributed by atoms with Crippen molar-refractivity contribution in [2.45, 2.75) is 38.3 Å². The van der Waals surface area contributed by atoms with Gasteiger partial charge in [0.15, 0.2) is 0 Å². The van der Waals surface area contributed by atoms with Crippen molar-refractivity contribution < 1.29 is 9.47 Å². The Bertz CT molecular complexity index is 337.